The Hall–Kier alpha value is 0.310. The van der Waals surface area contributed by atoms with E-state index in [0.717, 1.165) is 6.54 Å². The molecule has 0 saturated heterocycles. The maximum atomic E-state index is 3.44. The molecule has 0 aromatic heterocycles. The molecule has 0 rings (SSSR count). The second-order valence-electron chi connectivity index (χ2n) is 3.82. The molecule has 1 atom stereocenters. The van der Waals surface area contributed by atoms with E-state index in [1.165, 1.54) is 0 Å². The first-order valence-corrected chi connectivity index (χ1v) is 5.00. The van der Waals surface area contributed by atoms with E-state index in [4.69, 9.17) is 0 Å². The number of nitrogens with one attached hydrogen (secondary N) is 1. The Balaban J connectivity index is 3.36. The number of hydrogen-bond donors (Lipinski definition) is 1. The fraction of sp³-hybridized carbons (Fsp3) is 1.00. The number of hydrogen-bond acceptors (Lipinski definition) is 2. The SMILES string of the molecule is CSC(C)NCC(C)(C)C. The molecule has 0 aromatic carbocycles. The first-order valence-electron chi connectivity index (χ1n) is 3.72. The maximum Gasteiger partial charge on any atom is 0.0500 e. The largest absolute Gasteiger partial charge is 0.305 e. The Labute approximate surface area is 69.0 Å². The van der Waals surface area contributed by atoms with Gasteiger partial charge in [0.2, 0.25) is 0 Å². The van der Waals surface area contributed by atoms with Crippen molar-refractivity contribution >= 4 is 11.8 Å². The van der Waals surface area contributed by atoms with Gasteiger partial charge in [-0.1, -0.05) is 20.8 Å². The number of thioether (sulfide) groups is 1. The van der Waals surface area contributed by atoms with E-state index in [-0.39, 0.29) is 0 Å². The van der Waals surface area contributed by atoms with E-state index in [1.54, 1.807) is 0 Å². The second-order valence-corrected chi connectivity index (χ2v) is 5.00. The molecule has 0 fully saturated rings. The predicted octanol–water partition coefficient (Wildman–Crippen LogP) is 2.33. The number of rotatable bonds is 3. The van der Waals surface area contributed by atoms with Gasteiger partial charge in [0.15, 0.2) is 0 Å². The summed E-state index contributed by atoms with van der Waals surface area (Å²) in [6.45, 7) is 10.0. The van der Waals surface area contributed by atoms with Crippen LogP contribution in [0.1, 0.15) is 27.7 Å². The van der Waals surface area contributed by atoms with Crippen LogP contribution in [0, 0.1) is 5.41 Å². The Morgan fingerprint density at radius 1 is 1.40 bits per heavy atom. The zero-order valence-corrected chi connectivity index (χ0v) is 8.51. The quantitative estimate of drug-likeness (QED) is 0.638. The van der Waals surface area contributed by atoms with Gasteiger partial charge in [-0.05, 0) is 18.6 Å². The van der Waals surface area contributed by atoms with Crippen molar-refractivity contribution in [2.45, 2.75) is 33.1 Å². The van der Waals surface area contributed by atoms with Crippen molar-refractivity contribution < 1.29 is 0 Å². The molecule has 0 aliphatic rings. The van der Waals surface area contributed by atoms with Crippen LogP contribution in [0.25, 0.3) is 0 Å². The summed E-state index contributed by atoms with van der Waals surface area (Å²) in [6, 6.07) is 0. The van der Waals surface area contributed by atoms with Crippen LogP contribution in [0.2, 0.25) is 0 Å². The topological polar surface area (TPSA) is 12.0 Å². The molecule has 0 spiro atoms. The van der Waals surface area contributed by atoms with Crippen molar-refractivity contribution in [3.63, 3.8) is 0 Å². The van der Waals surface area contributed by atoms with Gasteiger partial charge in [0.05, 0.1) is 5.37 Å². The van der Waals surface area contributed by atoms with Gasteiger partial charge in [0, 0.05) is 6.54 Å². The third-order valence-electron chi connectivity index (χ3n) is 1.27. The van der Waals surface area contributed by atoms with E-state index < -0.39 is 0 Å². The molecule has 1 unspecified atom stereocenters. The molecule has 10 heavy (non-hydrogen) atoms. The van der Waals surface area contributed by atoms with Gasteiger partial charge in [-0.2, -0.15) is 0 Å². The summed E-state index contributed by atoms with van der Waals surface area (Å²) in [5, 5.41) is 4.02. The fourth-order valence-corrected chi connectivity index (χ4v) is 0.783. The average Bonchev–Trinajstić information content (AvgIpc) is 1.81. The first kappa shape index (κ1) is 10.3. The Morgan fingerprint density at radius 3 is 2.20 bits per heavy atom. The van der Waals surface area contributed by atoms with E-state index in [1.807, 2.05) is 11.8 Å². The Kier molecular flexibility index (Phi) is 4.37. The van der Waals surface area contributed by atoms with Crippen molar-refractivity contribution in [1.82, 2.24) is 5.32 Å². The van der Waals surface area contributed by atoms with Gasteiger partial charge in [0.1, 0.15) is 0 Å². The monoisotopic (exact) mass is 161 g/mol. The molecule has 2 heteroatoms. The van der Waals surface area contributed by atoms with Gasteiger partial charge in [-0.15, -0.1) is 11.8 Å². The molecule has 0 radical (unpaired) electrons. The van der Waals surface area contributed by atoms with Crippen LogP contribution in [0.15, 0.2) is 0 Å². The van der Waals surface area contributed by atoms with E-state index >= 15 is 0 Å². The third-order valence-corrected chi connectivity index (χ3v) is 2.15. The molecule has 0 aromatic rings. The molecule has 0 amide bonds. The molecule has 62 valence electrons. The smallest absolute Gasteiger partial charge is 0.0500 e. The van der Waals surface area contributed by atoms with Crippen molar-refractivity contribution in [1.29, 1.82) is 0 Å². The van der Waals surface area contributed by atoms with Crippen LogP contribution in [0.3, 0.4) is 0 Å². The zero-order valence-electron chi connectivity index (χ0n) is 7.69. The summed E-state index contributed by atoms with van der Waals surface area (Å²) in [5.74, 6) is 0. The van der Waals surface area contributed by atoms with Crippen molar-refractivity contribution in [2.24, 2.45) is 5.41 Å². The van der Waals surface area contributed by atoms with Gasteiger partial charge >= 0.3 is 0 Å². The van der Waals surface area contributed by atoms with Gasteiger partial charge in [-0.25, -0.2) is 0 Å². The standard InChI is InChI=1S/C8H19NS/c1-7(10-5)9-6-8(2,3)4/h7,9H,6H2,1-5H3. The molecule has 1 nitrogen and oxygen atoms in total. The highest BCUT2D eigenvalue weighted by atomic mass is 32.2. The van der Waals surface area contributed by atoms with Gasteiger partial charge in [-0.3, -0.25) is 0 Å². The molecule has 0 saturated carbocycles. The Morgan fingerprint density at radius 2 is 1.90 bits per heavy atom. The summed E-state index contributed by atoms with van der Waals surface area (Å²) >= 11 is 1.85. The highest BCUT2D eigenvalue weighted by molar-refractivity contribution is 7.99. The maximum absolute atomic E-state index is 3.44. The molecule has 0 heterocycles. The third kappa shape index (κ3) is 6.43. The molecular weight excluding hydrogens is 142 g/mol. The molecule has 0 aliphatic carbocycles. The van der Waals surface area contributed by atoms with Crippen molar-refractivity contribution in [2.75, 3.05) is 12.8 Å². The minimum Gasteiger partial charge on any atom is -0.305 e. The average molecular weight is 161 g/mol. The second kappa shape index (κ2) is 4.24. The normalized spacial score (nSPS) is 15.3. The fourth-order valence-electron chi connectivity index (χ4n) is 0.533. The van der Waals surface area contributed by atoms with Crippen LogP contribution < -0.4 is 5.32 Å². The minimum atomic E-state index is 0.407. The van der Waals surface area contributed by atoms with Crippen LogP contribution in [-0.2, 0) is 0 Å². The Bertz CT molecular complexity index is 85.7. The summed E-state index contributed by atoms with van der Waals surface area (Å²) < 4.78 is 0. The van der Waals surface area contributed by atoms with Crippen LogP contribution in [0.5, 0.6) is 0 Å². The molecule has 1 N–H and O–H groups in total. The zero-order chi connectivity index (χ0) is 8.20. The summed E-state index contributed by atoms with van der Waals surface area (Å²) in [4.78, 5) is 0. The predicted molar refractivity (Wildman–Crippen MR) is 50.4 cm³/mol. The van der Waals surface area contributed by atoms with Gasteiger partial charge in [0.25, 0.3) is 0 Å². The lowest BCUT2D eigenvalue weighted by Crippen LogP contribution is -2.31. The lowest BCUT2D eigenvalue weighted by atomic mass is 9.97. The summed E-state index contributed by atoms with van der Waals surface area (Å²) in [7, 11) is 0. The van der Waals surface area contributed by atoms with E-state index in [2.05, 4.69) is 39.3 Å². The minimum absolute atomic E-state index is 0.407. The molecule has 0 aliphatic heterocycles. The highest BCUT2D eigenvalue weighted by Crippen LogP contribution is 2.12. The van der Waals surface area contributed by atoms with Crippen LogP contribution in [0.4, 0.5) is 0 Å². The van der Waals surface area contributed by atoms with Crippen LogP contribution >= 0.6 is 11.8 Å². The van der Waals surface area contributed by atoms with E-state index in [0.29, 0.717) is 10.8 Å². The molecular formula is C8H19NS. The van der Waals surface area contributed by atoms with Gasteiger partial charge < -0.3 is 5.32 Å². The van der Waals surface area contributed by atoms with Crippen molar-refractivity contribution in [3.8, 4) is 0 Å². The van der Waals surface area contributed by atoms with E-state index in [9.17, 15) is 0 Å². The van der Waals surface area contributed by atoms with Crippen molar-refractivity contribution in [3.05, 3.63) is 0 Å². The summed E-state index contributed by atoms with van der Waals surface area (Å²) in [6.07, 6.45) is 2.13. The van der Waals surface area contributed by atoms with Crippen LogP contribution in [-0.4, -0.2) is 18.2 Å². The molecule has 0 bridgehead atoms. The summed E-state index contributed by atoms with van der Waals surface area (Å²) in [5.41, 5.74) is 0.407. The highest BCUT2D eigenvalue weighted by Gasteiger charge is 2.10. The first-order chi connectivity index (χ1) is 4.45. The lowest BCUT2D eigenvalue weighted by molar-refractivity contribution is 0.379. The lowest BCUT2D eigenvalue weighted by Gasteiger charge is -2.21.